The summed E-state index contributed by atoms with van der Waals surface area (Å²) < 4.78 is 1.75. The van der Waals surface area contributed by atoms with Crippen molar-refractivity contribution in [3.8, 4) is 0 Å². The highest BCUT2D eigenvalue weighted by Gasteiger charge is 2.40. The molecule has 0 radical (unpaired) electrons. The van der Waals surface area contributed by atoms with Gasteiger partial charge in [-0.05, 0) is 42.1 Å². The van der Waals surface area contributed by atoms with Gasteiger partial charge in [-0.1, -0.05) is 40.7 Å². The predicted octanol–water partition coefficient (Wildman–Crippen LogP) is 3.11. The molecule has 0 saturated heterocycles. The Balaban J connectivity index is 1.95. The molecule has 140 valence electrons. The van der Waals surface area contributed by atoms with Crippen LogP contribution in [0.15, 0.2) is 10.9 Å². The van der Waals surface area contributed by atoms with E-state index in [0.717, 1.165) is 30.9 Å². The average molecular weight is 347 g/mol. The summed E-state index contributed by atoms with van der Waals surface area (Å²) in [7, 11) is 1.86. The molecule has 25 heavy (non-hydrogen) atoms. The topological polar surface area (TPSA) is 67.0 Å². The fourth-order valence-corrected chi connectivity index (χ4v) is 4.35. The second-order valence-corrected chi connectivity index (χ2v) is 9.89. The molecule has 3 N–H and O–H groups in total. The van der Waals surface area contributed by atoms with E-state index in [4.69, 9.17) is 5.73 Å². The number of fused-ring (bicyclic) bond motifs is 1. The van der Waals surface area contributed by atoms with Crippen molar-refractivity contribution < 1.29 is 0 Å². The number of aromatic amines is 1. The summed E-state index contributed by atoms with van der Waals surface area (Å²) in [4.78, 5) is 17.6. The first kappa shape index (κ1) is 18.3. The maximum absolute atomic E-state index is 12.2. The van der Waals surface area contributed by atoms with Gasteiger partial charge in [0.05, 0.1) is 11.7 Å². The molecular formula is C20H34N4O. The van der Waals surface area contributed by atoms with Crippen LogP contribution in [0, 0.1) is 16.7 Å². The van der Waals surface area contributed by atoms with Crippen molar-refractivity contribution in [2.45, 2.75) is 66.0 Å². The minimum absolute atomic E-state index is 0.0457. The number of imidazole rings is 1. The van der Waals surface area contributed by atoms with Gasteiger partial charge < -0.3 is 15.6 Å². The minimum Gasteiger partial charge on any atom is -0.349 e. The van der Waals surface area contributed by atoms with Crippen LogP contribution in [0.5, 0.6) is 0 Å². The highest BCUT2D eigenvalue weighted by atomic mass is 16.1. The zero-order valence-corrected chi connectivity index (χ0v) is 16.6. The molecule has 2 heterocycles. The van der Waals surface area contributed by atoms with Gasteiger partial charge in [0.2, 0.25) is 0 Å². The molecule has 1 fully saturated rings. The lowest BCUT2D eigenvalue weighted by atomic mass is 9.67. The third kappa shape index (κ3) is 3.43. The molecule has 3 atom stereocenters. The van der Waals surface area contributed by atoms with Crippen LogP contribution in [0.4, 0.5) is 5.82 Å². The van der Waals surface area contributed by atoms with E-state index in [1.165, 1.54) is 6.42 Å². The van der Waals surface area contributed by atoms with Gasteiger partial charge in [0.15, 0.2) is 0 Å². The Hall–Kier alpha value is -1.49. The normalized spacial score (nSPS) is 28.9. The molecule has 1 aromatic heterocycles. The van der Waals surface area contributed by atoms with E-state index >= 15 is 0 Å². The maximum atomic E-state index is 12.2. The summed E-state index contributed by atoms with van der Waals surface area (Å²) in [5.41, 5.74) is 7.75. The van der Waals surface area contributed by atoms with Crippen LogP contribution in [-0.4, -0.2) is 28.2 Å². The number of nitrogens with zero attached hydrogens (tertiary/aromatic N) is 2. The lowest BCUT2D eigenvalue weighted by Crippen LogP contribution is -2.51. The molecule has 0 bridgehead atoms. The molecule has 1 aliphatic heterocycles. The predicted molar refractivity (Wildman–Crippen MR) is 105 cm³/mol. The van der Waals surface area contributed by atoms with Crippen molar-refractivity contribution in [1.29, 1.82) is 0 Å². The van der Waals surface area contributed by atoms with E-state index in [1.807, 2.05) is 7.05 Å². The molecule has 2 aliphatic rings. The third-order valence-corrected chi connectivity index (χ3v) is 6.04. The molecular weight excluding hydrogens is 312 g/mol. The summed E-state index contributed by atoms with van der Waals surface area (Å²) in [6.07, 6.45) is 7.75. The van der Waals surface area contributed by atoms with E-state index in [9.17, 15) is 4.79 Å². The van der Waals surface area contributed by atoms with E-state index in [1.54, 1.807) is 4.57 Å². The monoisotopic (exact) mass is 346 g/mol. The summed E-state index contributed by atoms with van der Waals surface area (Å²) in [6.45, 7) is 12.2. The number of rotatable bonds is 2. The average Bonchev–Trinajstić information content (AvgIpc) is 2.77. The van der Waals surface area contributed by atoms with Crippen LogP contribution < -0.4 is 16.3 Å². The fraction of sp³-hybridized carbons (Fsp3) is 0.750. The molecule has 0 spiro atoms. The molecule has 3 unspecified atom stereocenters. The Morgan fingerprint density at radius 3 is 2.64 bits per heavy atom. The second kappa shape index (κ2) is 6.04. The van der Waals surface area contributed by atoms with Gasteiger partial charge in [0.1, 0.15) is 5.82 Å². The summed E-state index contributed by atoms with van der Waals surface area (Å²) in [5, 5.41) is 0. The standard InChI is InChI=1S/C20H34N4O/c1-19(2,3)12-24-15(13-9-10-20(4,5)16(21)11-13)8-7-14-17(24)23(6)18(25)22-14/h7-8,13,15-16H,9-12,21H2,1-6H3,(H,22,25). The zero-order valence-electron chi connectivity index (χ0n) is 16.6. The lowest BCUT2D eigenvalue weighted by Gasteiger charge is -2.47. The van der Waals surface area contributed by atoms with Crippen LogP contribution in [-0.2, 0) is 7.05 Å². The summed E-state index contributed by atoms with van der Waals surface area (Å²) in [5.74, 6) is 1.55. The SMILES string of the molecule is Cn1c2c([nH]c1=O)C=CC(C1CCC(C)(C)C(N)C1)N2CC(C)(C)C. The molecule has 5 heteroatoms. The first-order valence-electron chi connectivity index (χ1n) is 9.49. The summed E-state index contributed by atoms with van der Waals surface area (Å²) >= 11 is 0. The van der Waals surface area contributed by atoms with Crippen molar-refractivity contribution in [1.82, 2.24) is 9.55 Å². The number of nitrogens with one attached hydrogen (secondary N) is 1. The Morgan fingerprint density at radius 1 is 1.36 bits per heavy atom. The molecule has 1 aromatic rings. The first-order chi connectivity index (χ1) is 11.5. The van der Waals surface area contributed by atoms with Gasteiger partial charge in [-0.25, -0.2) is 4.79 Å². The number of hydrogen-bond acceptors (Lipinski definition) is 3. The molecule has 0 amide bonds. The Kier molecular flexibility index (Phi) is 4.43. The van der Waals surface area contributed by atoms with Crippen LogP contribution >= 0.6 is 0 Å². The zero-order chi connectivity index (χ0) is 18.6. The molecule has 1 saturated carbocycles. The van der Waals surface area contributed by atoms with E-state index in [2.05, 4.69) is 56.7 Å². The van der Waals surface area contributed by atoms with Gasteiger partial charge in [-0.3, -0.25) is 4.57 Å². The van der Waals surface area contributed by atoms with Crippen molar-refractivity contribution in [2.75, 3.05) is 11.4 Å². The molecule has 0 aromatic carbocycles. The fourth-order valence-electron chi connectivity index (χ4n) is 4.35. The van der Waals surface area contributed by atoms with Gasteiger partial charge in [0, 0.05) is 19.6 Å². The number of nitrogens with two attached hydrogens (primary N) is 1. The van der Waals surface area contributed by atoms with Crippen molar-refractivity contribution in [2.24, 2.45) is 29.5 Å². The van der Waals surface area contributed by atoms with Gasteiger partial charge in [-0.15, -0.1) is 0 Å². The third-order valence-electron chi connectivity index (χ3n) is 6.04. The smallest absolute Gasteiger partial charge is 0.327 e. The Morgan fingerprint density at radius 2 is 2.04 bits per heavy atom. The number of aromatic nitrogens is 2. The number of anilines is 1. The second-order valence-electron chi connectivity index (χ2n) is 9.89. The van der Waals surface area contributed by atoms with Crippen LogP contribution in [0.2, 0.25) is 0 Å². The lowest BCUT2D eigenvalue weighted by molar-refractivity contribution is 0.144. The largest absolute Gasteiger partial charge is 0.349 e. The van der Waals surface area contributed by atoms with E-state index in [-0.39, 0.29) is 22.6 Å². The number of H-pyrrole nitrogens is 1. The minimum atomic E-state index is -0.0457. The van der Waals surface area contributed by atoms with Crippen LogP contribution in [0.3, 0.4) is 0 Å². The molecule has 3 rings (SSSR count). The molecule has 1 aliphatic carbocycles. The van der Waals surface area contributed by atoms with Crippen LogP contribution in [0.1, 0.15) is 59.6 Å². The Bertz CT molecular complexity index is 719. The summed E-state index contributed by atoms with van der Waals surface area (Å²) in [6, 6.07) is 0.530. The van der Waals surface area contributed by atoms with E-state index in [0.29, 0.717) is 12.0 Å². The highest BCUT2D eigenvalue weighted by molar-refractivity contribution is 5.67. The first-order valence-corrected chi connectivity index (χ1v) is 9.49. The number of hydrogen-bond donors (Lipinski definition) is 2. The maximum Gasteiger partial charge on any atom is 0.327 e. The van der Waals surface area contributed by atoms with Gasteiger partial charge in [-0.2, -0.15) is 0 Å². The molecule has 5 nitrogen and oxygen atoms in total. The highest BCUT2D eigenvalue weighted by Crippen LogP contribution is 2.42. The van der Waals surface area contributed by atoms with Crippen molar-refractivity contribution in [3.05, 3.63) is 22.3 Å². The van der Waals surface area contributed by atoms with E-state index < -0.39 is 0 Å². The quantitative estimate of drug-likeness (QED) is 0.864. The van der Waals surface area contributed by atoms with Crippen molar-refractivity contribution >= 4 is 11.9 Å². The Labute approximate surface area is 151 Å². The van der Waals surface area contributed by atoms with Gasteiger partial charge >= 0.3 is 5.69 Å². The van der Waals surface area contributed by atoms with Gasteiger partial charge in [0.25, 0.3) is 0 Å². The van der Waals surface area contributed by atoms with Crippen molar-refractivity contribution in [3.63, 3.8) is 0 Å². The van der Waals surface area contributed by atoms with Crippen LogP contribution in [0.25, 0.3) is 6.08 Å².